The highest BCUT2D eigenvalue weighted by atomic mass is 32.1. The molecule has 0 aliphatic carbocycles. The maximum absolute atomic E-state index is 13.2. The normalized spacial score (nSPS) is 9.80. The summed E-state index contributed by atoms with van der Waals surface area (Å²) in [6, 6.07) is 4.71. The highest BCUT2D eigenvalue weighted by Crippen LogP contribution is 2.17. The van der Waals surface area contributed by atoms with Crippen molar-refractivity contribution in [1.29, 1.82) is 0 Å². The van der Waals surface area contributed by atoms with E-state index >= 15 is 0 Å². The van der Waals surface area contributed by atoms with Gasteiger partial charge in [-0.3, -0.25) is 4.79 Å². The Morgan fingerprint density at radius 2 is 2.33 bits per heavy atom. The fourth-order valence-corrected chi connectivity index (χ4v) is 1.29. The van der Waals surface area contributed by atoms with Gasteiger partial charge >= 0.3 is 0 Å². The Morgan fingerprint density at radius 1 is 1.60 bits per heavy atom. The van der Waals surface area contributed by atoms with E-state index in [1.807, 2.05) is 0 Å². The molecule has 0 atom stereocenters. The van der Waals surface area contributed by atoms with Gasteiger partial charge in [0.15, 0.2) is 11.6 Å². The molecule has 0 saturated heterocycles. The summed E-state index contributed by atoms with van der Waals surface area (Å²) in [4.78, 5) is 10.5. The maximum atomic E-state index is 13.2. The number of thiol groups is 1. The molecule has 0 aliphatic heterocycles. The summed E-state index contributed by atoms with van der Waals surface area (Å²) in [7, 11) is 1.42. The van der Waals surface area contributed by atoms with Crippen molar-refractivity contribution in [2.24, 2.45) is 0 Å². The summed E-state index contributed by atoms with van der Waals surface area (Å²) in [6.07, 6.45) is 0.563. The van der Waals surface area contributed by atoms with E-state index in [0.29, 0.717) is 13.0 Å². The molecule has 1 amide bonds. The Labute approximate surface area is 93.0 Å². The van der Waals surface area contributed by atoms with Crippen LogP contribution in [0, 0.1) is 5.82 Å². The quantitative estimate of drug-likeness (QED) is 0.775. The molecule has 0 aromatic heterocycles. The van der Waals surface area contributed by atoms with Gasteiger partial charge in [0.2, 0.25) is 0 Å². The van der Waals surface area contributed by atoms with E-state index < -0.39 is 5.82 Å². The minimum Gasteiger partial charge on any atom is -0.494 e. The minimum absolute atomic E-state index is 0.219. The lowest BCUT2D eigenvalue weighted by molar-refractivity contribution is 0.261. The molecule has 1 rings (SSSR count). The molecule has 0 saturated carbocycles. The molecular formula is C10H12FNO2S. The Balaban J connectivity index is 2.55. The number of methoxy groups -OCH3 is 1. The largest absolute Gasteiger partial charge is 0.494 e. The predicted octanol–water partition coefficient (Wildman–Crippen LogP) is 2.02. The van der Waals surface area contributed by atoms with Crippen molar-refractivity contribution in [3.05, 3.63) is 29.6 Å². The number of hydrogen-bond donors (Lipinski definition) is 2. The molecule has 0 unspecified atom stereocenters. The Morgan fingerprint density at radius 3 is 2.87 bits per heavy atom. The van der Waals surface area contributed by atoms with Crippen LogP contribution in [0.15, 0.2) is 18.2 Å². The third kappa shape index (κ3) is 3.79. The second-order valence-corrected chi connectivity index (χ2v) is 3.36. The van der Waals surface area contributed by atoms with Gasteiger partial charge < -0.3 is 10.1 Å². The van der Waals surface area contributed by atoms with E-state index in [0.717, 1.165) is 5.56 Å². The first-order chi connectivity index (χ1) is 7.13. The summed E-state index contributed by atoms with van der Waals surface area (Å²) in [6.45, 7) is 0.439. The van der Waals surface area contributed by atoms with Crippen molar-refractivity contribution in [1.82, 2.24) is 5.32 Å². The summed E-state index contributed by atoms with van der Waals surface area (Å²) in [5.41, 5.74) is 0.801. The number of rotatable bonds is 4. The van der Waals surface area contributed by atoms with Gasteiger partial charge in [0.05, 0.1) is 7.11 Å². The first-order valence-electron chi connectivity index (χ1n) is 4.42. The van der Waals surface area contributed by atoms with E-state index in [4.69, 9.17) is 4.74 Å². The number of benzene rings is 1. The third-order valence-electron chi connectivity index (χ3n) is 1.91. The molecule has 0 bridgehead atoms. The Kier molecular flexibility index (Phi) is 4.42. The van der Waals surface area contributed by atoms with Gasteiger partial charge in [-0.25, -0.2) is 4.39 Å². The van der Waals surface area contributed by atoms with Gasteiger partial charge in [-0.15, -0.1) is 0 Å². The van der Waals surface area contributed by atoms with Gasteiger partial charge in [-0.1, -0.05) is 18.7 Å². The Hall–Kier alpha value is -1.23. The number of carbonyl (C=O) groups excluding carboxylic acids is 1. The zero-order valence-electron chi connectivity index (χ0n) is 8.29. The molecule has 5 heteroatoms. The van der Waals surface area contributed by atoms with Crippen molar-refractivity contribution >= 4 is 17.9 Å². The fraction of sp³-hybridized carbons (Fsp3) is 0.300. The summed E-state index contributed by atoms with van der Waals surface area (Å²) >= 11 is 3.55. The van der Waals surface area contributed by atoms with Crippen LogP contribution in [-0.4, -0.2) is 18.9 Å². The molecule has 0 radical (unpaired) electrons. The van der Waals surface area contributed by atoms with E-state index in [1.165, 1.54) is 13.2 Å². The summed E-state index contributed by atoms with van der Waals surface area (Å²) in [5.74, 6) is -0.177. The van der Waals surface area contributed by atoms with Crippen molar-refractivity contribution in [3.63, 3.8) is 0 Å². The van der Waals surface area contributed by atoms with Crippen LogP contribution in [0.1, 0.15) is 5.56 Å². The van der Waals surface area contributed by atoms with Crippen LogP contribution in [0.4, 0.5) is 9.18 Å². The van der Waals surface area contributed by atoms with Crippen molar-refractivity contribution in [3.8, 4) is 5.75 Å². The average molecular weight is 229 g/mol. The zero-order chi connectivity index (χ0) is 11.3. The van der Waals surface area contributed by atoms with Gasteiger partial charge in [0.25, 0.3) is 5.24 Å². The molecule has 0 aliphatic rings. The van der Waals surface area contributed by atoms with Crippen LogP contribution in [0.2, 0.25) is 0 Å². The first-order valence-corrected chi connectivity index (χ1v) is 4.87. The summed E-state index contributed by atoms with van der Waals surface area (Å²) < 4.78 is 18.0. The van der Waals surface area contributed by atoms with Gasteiger partial charge in [-0.2, -0.15) is 0 Å². The third-order valence-corrected chi connectivity index (χ3v) is 2.06. The number of amides is 1. The highest BCUT2D eigenvalue weighted by molar-refractivity contribution is 7.96. The number of carbonyl (C=O) groups is 1. The van der Waals surface area contributed by atoms with Gasteiger partial charge in [-0.05, 0) is 24.1 Å². The molecule has 0 heterocycles. The molecule has 82 valence electrons. The van der Waals surface area contributed by atoms with Crippen molar-refractivity contribution in [2.75, 3.05) is 13.7 Å². The van der Waals surface area contributed by atoms with Gasteiger partial charge in [0.1, 0.15) is 0 Å². The lowest BCUT2D eigenvalue weighted by atomic mass is 10.1. The smallest absolute Gasteiger partial charge is 0.275 e. The highest BCUT2D eigenvalue weighted by Gasteiger charge is 2.03. The monoisotopic (exact) mass is 229 g/mol. The van der Waals surface area contributed by atoms with Crippen LogP contribution in [0.25, 0.3) is 0 Å². The van der Waals surface area contributed by atoms with E-state index in [2.05, 4.69) is 17.9 Å². The van der Waals surface area contributed by atoms with Gasteiger partial charge in [0, 0.05) is 6.54 Å². The first kappa shape index (κ1) is 11.8. The topological polar surface area (TPSA) is 38.3 Å². The van der Waals surface area contributed by atoms with Crippen LogP contribution in [-0.2, 0) is 6.42 Å². The molecule has 1 aromatic carbocycles. The number of hydrogen-bond acceptors (Lipinski definition) is 2. The summed E-state index contributed by atoms with van der Waals surface area (Å²) in [5, 5.41) is 2.13. The Bertz CT molecular complexity index is 357. The average Bonchev–Trinajstić information content (AvgIpc) is 2.17. The molecule has 1 N–H and O–H groups in total. The molecule has 0 fully saturated rings. The van der Waals surface area contributed by atoms with Crippen molar-refractivity contribution < 1.29 is 13.9 Å². The molecular weight excluding hydrogens is 217 g/mol. The molecule has 3 nitrogen and oxygen atoms in total. The molecule has 0 spiro atoms. The van der Waals surface area contributed by atoms with E-state index in [9.17, 15) is 9.18 Å². The van der Waals surface area contributed by atoms with E-state index in [1.54, 1.807) is 12.1 Å². The molecule has 1 aromatic rings. The van der Waals surface area contributed by atoms with Crippen LogP contribution in [0.3, 0.4) is 0 Å². The minimum atomic E-state index is -0.396. The fourth-order valence-electron chi connectivity index (χ4n) is 1.18. The van der Waals surface area contributed by atoms with Crippen LogP contribution >= 0.6 is 12.6 Å². The number of ether oxygens (including phenoxy) is 1. The van der Waals surface area contributed by atoms with E-state index in [-0.39, 0.29) is 11.0 Å². The standard InChI is InChI=1S/C10H12FNO2S/c1-14-9-3-2-7(6-8(9)11)4-5-12-10(13)15/h2-3,6H,4-5H2,1H3,(H2,12,13,15). The lowest BCUT2D eigenvalue weighted by Gasteiger charge is -2.05. The lowest BCUT2D eigenvalue weighted by Crippen LogP contribution is -2.19. The molecule has 15 heavy (non-hydrogen) atoms. The second-order valence-electron chi connectivity index (χ2n) is 2.95. The van der Waals surface area contributed by atoms with Crippen LogP contribution < -0.4 is 10.1 Å². The second kappa shape index (κ2) is 5.60. The zero-order valence-corrected chi connectivity index (χ0v) is 9.18. The number of nitrogens with one attached hydrogen (secondary N) is 1. The van der Waals surface area contributed by atoms with Crippen LogP contribution in [0.5, 0.6) is 5.75 Å². The predicted molar refractivity (Wildman–Crippen MR) is 59.0 cm³/mol. The maximum Gasteiger partial charge on any atom is 0.275 e. The van der Waals surface area contributed by atoms with Crippen molar-refractivity contribution in [2.45, 2.75) is 6.42 Å². The number of halogens is 1. The SMILES string of the molecule is COc1ccc(CCNC(=O)S)cc1F.